The summed E-state index contributed by atoms with van der Waals surface area (Å²) in [5, 5.41) is 22.8. The Kier molecular flexibility index (Phi) is 3.99. The Morgan fingerprint density at radius 3 is 2.90 bits per heavy atom. The predicted octanol–water partition coefficient (Wildman–Crippen LogP) is 2.62. The van der Waals surface area contributed by atoms with Crippen LogP contribution in [-0.4, -0.2) is 21.2 Å². The number of hydrogen-bond donors (Lipinski definition) is 1. The highest BCUT2D eigenvalue weighted by molar-refractivity contribution is 9.10. The fourth-order valence-corrected chi connectivity index (χ4v) is 1.91. The second-order valence-corrected chi connectivity index (χ2v) is 4.41. The van der Waals surface area contributed by atoms with E-state index < -0.39 is 10.9 Å². The minimum absolute atomic E-state index is 0.0972. The van der Waals surface area contributed by atoms with Gasteiger partial charge in [-0.25, -0.2) is 4.79 Å². The van der Waals surface area contributed by atoms with Gasteiger partial charge >= 0.3 is 5.97 Å². The maximum Gasteiger partial charge on any atom is 0.358 e. The Hall–Kier alpha value is -2.42. The summed E-state index contributed by atoms with van der Waals surface area (Å²) in [6, 6.07) is 5.55. The lowest BCUT2D eigenvalue weighted by molar-refractivity contribution is -0.385. The number of aromatic nitrogens is 1. The van der Waals surface area contributed by atoms with Crippen LogP contribution in [0.15, 0.2) is 33.3 Å². The molecule has 0 aliphatic rings. The fraction of sp³-hybridized carbons (Fsp3) is 0.0909. The van der Waals surface area contributed by atoms with E-state index in [1.165, 1.54) is 24.3 Å². The Labute approximate surface area is 120 Å². The van der Waals surface area contributed by atoms with Gasteiger partial charge in [0.15, 0.2) is 11.5 Å². The second-order valence-electron chi connectivity index (χ2n) is 3.62. The molecular weight excluding hydrogens is 336 g/mol. The van der Waals surface area contributed by atoms with Crippen molar-refractivity contribution in [2.75, 3.05) is 0 Å². The average molecular weight is 343 g/mol. The highest BCUT2D eigenvalue weighted by Crippen LogP contribution is 2.34. The summed E-state index contributed by atoms with van der Waals surface area (Å²) in [6.45, 7) is -0.0972. The van der Waals surface area contributed by atoms with Gasteiger partial charge in [-0.3, -0.25) is 10.1 Å². The predicted molar refractivity (Wildman–Crippen MR) is 68.6 cm³/mol. The van der Waals surface area contributed by atoms with E-state index in [0.717, 1.165) is 0 Å². The van der Waals surface area contributed by atoms with E-state index >= 15 is 0 Å². The minimum atomic E-state index is -1.21. The molecule has 0 radical (unpaired) electrons. The van der Waals surface area contributed by atoms with Crippen LogP contribution in [0, 0.1) is 10.1 Å². The first-order valence-electron chi connectivity index (χ1n) is 5.23. The number of aromatic carboxylic acids is 1. The molecule has 0 atom stereocenters. The van der Waals surface area contributed by atoms with Crippen LogP contribution >= 0.6 is 15.9 Å². The molecule has 0 saturated carbocycles. The first-order chi connectivity index (χ1) is 9.49. The highest BCUT2D eigenvalue weighted by atomic mass is 79.9. The Morgan fingerprint density at radius 1 is 1.55 bits per heavy atom. The van der Waals surface area contributed by atoms with Crippen LogP contribution in [0.5, 0.6) is 5.75 Å². The van der Waals surface area contributed by atoms with Crippen molar-refractivity contribution >= 4 is 27.6 Å². The largest absolute Gasteiger partial charge is 0.484 e. The van der Waals surface area contributed by atoms with Gasteiger partial charge in [-0.05, 0) is 22.0 Å². The number of rotatable bonds is 5. The molecule has 2 rings (SSSR count). The molecule has 1 N–H and O–H groups in total. The molecule has 0 bridgehead atoms. The Bertz CT molecular complexity index is 669. The van der Waals surface area contributed by atoms with E-state index in [2.05, 4.69) is 21.1 Å². The molecule has 0 aliphatic heterocycles. The van der Waals surface area contributed by atoms with Crippen LogP contribution < -0.4 is 4.74 Å². The summed E-state index contributed by atoms with van der Waals surface area (Å²) < 4.78 is 10.3. The van der Waals surface area contributed by atoms with Crippen LogP contribution in [0.2, 0.25) is 0 Å². The second kappa shape index (κ2) is 5.70. The van der Waals surface area contributed by atoms with Crippen LogP contribution in [0.25, 0.3) is 0 Å². The van der Waals surface area contributed by atoms with Gasteiger partial charge in [-0.1, -0.05) is 11.2 Å². The van der Waals surface area contributed by atoms with E-state index in [4.69, 9.17) is 14.4 Å². The third kappa shape index (κ3) is 2.94. The summed E-state index contributed by atoms with van der Waals surface area (Å²) in [7, 11) is 0. The van der Waals surface area contributed by atoms with Crippen molar-refractivity contribution in [2.24, 2.45) is 0 Å². The third-order valence-electron chi connectivity index (χ3n) is 2.29. The molecule has 0 fully saturated rings. The lowest BCUT2D eigenvalue weighted by atomic mass is 10.3. The van der Waals surface area contributed by atoms with Gasteiger partial charge in [0.1, 0.15) is 16.8 Å². The zero-order valence-electron chi connectivity index (χ0n) is 9.78. The molecule has 8 nitrogen and oxygen atoms in total. The van der Waals surface area contributed by atoms with Crippen molar-refractivity contribution in [3.05, 3.63) is 50.3 Å². The summed E-state index contributed by atoms with van der Waals surface area (Å²) >= 11 is 3.08. The first-order valence-corrected chi connectivity index (χ1v) is 6.03. The molecule has 1 heterocycles. The number of nitrogens with zero attached hydrogens (tertiary/aromatic N) is 2. The number of carboxylic acids is 1. The molecule has 2 aromatic rings. The van der Waals surface area contributed by atoms with Gasteiger partial charge < -0.3 is 14.4 Å². The van der Waals surface area contributed by atoms with E-state index in [-0.39, 0.29) is 34.0 Å². The monoisotopic (exact) mass is 342 g/mol. The fourth-order valence-electron chi connectivity index (χ4n) is 1.38. The molecule has 0 aliphatic carbocycles. The molecule has 9 heteroatoms. The number of carboxylic acid groups (broad SMARTS) is 1. The van der Waals surface area contributed by atoms with E-state index in [1.54, 1.807) is 0 Å². The topological polar surface area (TPSA) is 116 Å². The molecule has 20 heavy (non-hydrogen) atoms. The number of halogens is 1. The zero-order valence-corrected chi connectivity index (χ0v) is 11.4. The first kappa shape index (κ1) is 14.0. The SMILES string of the molecule is O=C(O)c1cc(COc2cccc([N+](=O)[O-])c2Br)on1. The Balaban J connectivity index is 2.12. The molecule has 0 unspecified atom stereocenters. The standard InChI is InChI=1S/C11H7BrN2O6/c12-10-8(14(17)18)2-1-3-9(10)19-5-6-4-7(11(15)16)13-20-6/h1-4H,5H2,(H,15,16). The van der Waals surface area contributed by atoms with Crippen molar-refractivity contribution in [2.45, 2.75) is 6.61 Å². The van der Waals surface area contributed by atoms with Gasteiger partial charge in [-0.15, -0.1) is 0 Å². The van der Waals surface area contributed by atoms with Crippen LogP contribution in [0.1, 0.15) is 16.2 Å². The van der Waals surface area contributed by atoms with Crippen molar-refractivity contribution in [1.29, 1.82) is 0 Å². The zero-order chi connectivity index (χ0) is 14.7. The minimum Gasteiger partial charge on any atom is -0.484 e. The number of nitro benzene ring substituents is 1. The lowest BCUT2D eigenvalue weighted by Crippen LogP contribution is -1.97. The summed E-state index contributed by atoms with van der Waals surface area (Å²) in [6.07, 6.45) is 0. The van der Waals surface area contributed by atoms with E-state index in [9.17, 15) is 14.9 Å². The molecular formula is C11H7BrN2O6. The lowest BCUT2D eigenvalue weighted by Gasteiger charge is -2.05. The number of ether oxygens (including phenoxy) is 1. The van der Waals surface area contributed by atoms with Crippen LogP contribution in [0.3, 0.4) is 0 Å². The van der Waals surface area contributed by atoms with Crippen LogP contribution in [0.4, 0.5) is 5.69 Å². The van der Waals surface area contributed by atoms with Gasteiger partial charge in [0, 0.05) is 12.1 Å². The molecule has 0 saturated heterocycles. The number of carbonyl (C=O) groups is 1. The van der Waals surface area contributed by atoms with Crippen molar-refractivity contribution in [3.8, 4) is 5.75 Å². The number of benzene rings is 1. The third-order valence-corrected chi connectivity index (χ3v) is 3.08. The number of nitro groups is 1. The van der Waals surface area contributed by atoms with Crippen molar-refractivity contribution < 1.29 is 24.1 Å². The molecule has 0 spiro atoms. The van der Waals surface area contributed by atoms with E-state index in [1.807, 2.05) is 0 Å². The molecule has 1 aromatic carbocycles. The molecule has 104 valence electrons. The normalized spacial score (nSPS) is 10.2. The van der Waals surface area contributed by atoms with E-state index in [0.29, 0.717) is 0 Å². The van der Waals surface area contributed by atoms with Gasteiger partial charge in [0.05, 0.1) is 4.92 Å². The summed E-state index contributed by atoms with van der Waals surface area (Å²) in [4.78, 5) is 20.8. The van der Waals surface area contributed by atoms with Crippen LogP contribution in [-0.2, 0) is 6.61 Å². The quantitative estimate of drug-likeness (QED) is 0.655. The maximum absolute atomic E-state index is 10.8. The van der Waals surface area contributed by atoms with Crippen molar-refractivity contribution in [1.82, 2.24) is 5.16 Å². The van der Waals surface area contributed by atoms with Gasteiger partial charge in [0.25, 0.3) is 5.69 Å². The molecule has 1 aromatic heterocycles. The number of hydrogen-bond acceptors (Lipinski definition) is 6. The molecule has 0 amide bonds. The summed E-state index contributed by atoms with van der Waals surface area (Å²) in [5.74, 6) is -0.773. The summed E-state index contributed by atoms with van der Waals surface area (Å²) in [5.41, 5.74) is -0.368. The van der Waals surface area contributed by atoms with Crippen molar-refractivity contribution in [3.63, 3.8) is 0 Å². The Morgan fingerprint density at radius 2 is 2.30 bits per heavy atom. The average Bonchev–Trinajstić information content (AvgIpc) is 2.86. The highest BCUT2D eigenvalue weighted by Gasteiger charge is 2.17. The van der Waals surface area contributed by atoms with Gasteiger partial charge in [0.2, 0.25) is 0 Å². The maximum atomic E-state index is 10.8. The van der Waals surface area contributed by atoms with Gasteiger partial charge in [-0.2, -0.15) is 0 Å². The smallest absolute Gasteiger partial charge is 0.358 e.